The summed E-state index contributed by atoms with van der Waals surface area (Å²) < 4.78 is 5.22. The van der Waals surface area contributed by atoms with Gasteiger partial charge in [0.15, 0.2) is 0 Å². The molecule has 1 aliphatic heterocycles. The molecule has 1 atom stereocenters. The number of nitrogens with zero attached hydrogens (tertiary/aromatic N) is 1. The molecule has 0 radical (unpaired) electrons. The minimum absolute atomic E-state index is 0.197. The van der Waals surface area contributed by atoms with Crippen molar-refractivity contribution in [2.24, 2.45) is 0 Å². The van der Waals surface area contributed by atoms with Crippen LogP contribution in [0.15, 0.2) is 0 Å². The lowest BCUT2D eigenvalue weighted by Gasteiger charge is -2.27. The zero-order valence-corrected chi connectivity index (χ0v) is 11.7. The number of carbonyl (C=O) groups is 1. The Kier molecular flexibility index (Phi) is 7.64. The van der Waals surface area contributed by atoms with Crippen LogP contribution in [-0.2, 0) is 9.53 Å². The van der Waals surface area contributed by atoms with Gasteiger partial charge >= 0.3 is 0 Å². The average molecular weight is 260 g/mol. The number of hydrogen-bond donors (Lipinski definition) is 1. The molecule has 5 heteroatoms. The van der Waals surface area contributed by atoms with Gasteiger partial charge in [0, 0.05) is 19.1 Å². The highest BCUT2D eigenvalue weighted by Crippen LogP contribution is 2.04. The van der Waals surface area contributed by atoms with Crippen molar-refractivity contribution in [1.82, 2.24) is 10.2 Å². The number of nitrogens with one attached hydrogen (secondary N) is 1. The monoisotopic (exact) mass is 260 g/mol. The summed E-state index contributed by atoms with van der Waals surface area (Å²) in [6.45, 7) is 7.59. The van der Waals surface area contributed by atoms with Gasteiger partial charge in [-0.15, -0.1) is 0 Å². The molecule has 1 fully saturated rings. The second-order valence-electron chi connectivity index (χ2n) is 4.26. The number of rotatable bonds is 7. The van der Waals surface area contributed by atoms with Gasteiger partial charge in [-0.25, -0.2) is 0 Å². The Labute approximate surface area is 108 Å². The van der Waals surface area contributed by atoms with Crippen molar-refractivity contribution in [1.29, 1.82) is 0 Å². The van der Waals surface area contributed by atoms with Gasteiger partial charge in [-0.2, -0.15) is 11.8 Å². The predicted octanol–water partition coefficient (Wildman–Crippen LogP) is 0.967. The molecule has 1 N–H and O–H groups in total. The van der Waals surface area contributed by atoms with E-state index in [0.29, 0.717) is 25.8 Å². The van der Waals surface area contributed by atoms with Gasteiger partial charge in [0.25, 0.3) is 0 Å². The lowest BCUT2D eigenvalue weighted by molar-refractivity contribution is -0.134. The van der Waals surface area contributed by atoms with E-state index in [1.54, 1.807) is 0 Å². The Morgan fingerprint density at radius 2 is 2.18 bits per heavy atom. The standard InChI is InChI=1S/C12H24N2O2S/c1-3-17-9-4-11(2)13-10-12(15)14-5-7-16-8-6-14/h11,13H,3-10H2,1-2H3. The van der Waals surface area contributed by atoms with Crippen molar-refractivity contribution in [2.75, 3.05) is 44.4 Å². The largest absolute Gasteiger partial charge is 0.378 e. The van der Waals surface area contributed by atoms with E-state index in [9.17, 15) is 4.79 Å². The van der Waals surface area contributed by atoms with Crippen LogP contribution in [-0.4, -0.2) is 61.2 Å². The number of morpholine rings is 1. The molecule has 4 nitrogen and oxygen atoms in total. The quantitative estimate of drug-likeness (QED) is 0.693. The first-order valence-corrected chi connectivity index (χ1v) is 7.56. The number of amides is 1. The first-order valence-electron chi connectivity index (χ1n) is 6.40. The smallest absolute Gasteiger partial charge is 0.236 e. The molecule has 1 aliphatic rings. The number of hydrogen-bond acceptors (Lipinski definition) is 4. The Morgan fingerprint density at radius 3 is 2.82 bits per heavy atom. The van der Waals surface area contributed by atoms with Crippen LogP contribution in [0.3, 0.4) is 0 Å². The van der Waals surface area contributed by atoms with Crippen LogP contribution >= 0.6 is 11.8 Å². The molecular weight excluding hydrogens is 236 g/mol. The Bertz CT molecular complexity index is 221. The van der Waals surface area contributed by atoms with Crippen molar-refractivity contribution in [3.63, 3.8) is 0 Å². The van der Waals surface area contributed by atoms with Crippen molar-refractivity contribution >= 4 is 17.7 Å². The second-order valence-corrected chi connectivity index (χ2v) is 5.65. The van der Waals surface area contributed by atoms with Crippen molar-refractivity contribution < 1.29 is 9.53 Å². The van der Waals surface area contributed by atoms with Gasteiger partial charge in [-0.1, -0.05) is 6.92 Å². The van der Waals surface area contributed by atoms with Crippen LogP contribution < -0.4 is 5.32 Å². The lowest BCUT2D eigenvalue weighted by Crippen LogP contribution is -2.46. The van der Waals surface area contributed by atoms with Gasteiger partial charge in [0.05, 0.1) is 19.8 Å². The fourth-order valence-corrected chi connectivity index (χ4v) is 2.50. The number of thioether (sulfide) groups is 1. The molecule has 1 amide bonds. The third-order valence-corrected chi connectivity index (χ3v) is 3.80. The minimum atomic E-state index is 0.197. The molecule has 0 aliphatic carbocycles. The highest BCUT2D eigenvalue weighted by molar-refractivity contribution is 7.99. The molecule has 0 aromatic heterocycles. The summed E-state index contributed by atoms with van der Waals surface area (Å²) in [5.41, 5.74) is 0. The number of carbonyl (C=O) groups excluding carboxylic acids is 1. The molecule has 17 heavy (non-hydrogen) atoms. The van der Waals surface area contributed by atoms with Crippen molar-refractivity contribution in [3.8, 4) is 0 Å². The van der Waals surface area contributed by atoms with Crippen LogP contribution in [0, 0.1) is 0 Å². The molecule has 1 heterocycles. The van der Waals surface area contributed by atoms with Crippen LogP contribution in [0.25, 0.3) is 0 Å². The molecule has 0 bridgehead atoms. The van der Waals surface area contributed by atoms with E-state index in [2.05, 4.69) is 19.2 Å². The molecule has 100 valence electrons. The molecule has 1 unspecified atom stereocenters. The third-order valence-electron chi connectivity index (χ3n) is 2.86. The maximum absolute atomic E-state index is 11.8. The number of ether oxygens (including phenoxy) is 1. The fraction of sp³-hybridized carbons (Fsp3) is 0.917. The highest BCUT2D eigenvalue weighted by Gasteiger charge is 2.16. The summed E-state index contributed by atoms with van der Waals surface area (Å²) >= 11 is 1.95. The van der Waals surface area contributed by atoms with Crippen molar-refractivity contribution in [3.05, 3.63) is 0 Å². The minimum Gasteiger partial charge on any atom is -0.378 e. The zero-order chi connectivity index (χ0) is 12.5. The summed E-state index contributed by atoms with van der Waals surface area (Å²) in [7, 11) is 0. The highest BCUT2D eigenvalue weighted by atomic mass is 32.2. The van der Waals surface area contributed by atoms with Gasteiger partial charge < -0.3 is 15.0 Å². The van der Waals surface area contributed by atoms with Gasteiger partial charge in [0.1, 0.15) is 0 Å². The zero-order valence-electron chi connectivity index (χ0n) is 10.9. The van der Waals surface area contributed by atoms with E-state index in [1.807, 2.05) is 16.7 Å². The molecule has 1 rings (SSSR count). The fourth-order valence-electron chi connectivity index (χ4n) is 1.69. The first-order chi connectivity index (χ1) is 8.24. The molecule has 1 saturated heterocycles. The van der Waals surface area contributed by atoms with E-state index in [1.165, 1.54) is 5.75 Å². The lowest BCUT2D eigenvalue weighted by atomic mass is 10.2. The summed E-state index contributed by atoms with van der Waals surface area (Å²) in [6.07, 6.45) is 1.12. The maximum atomic E-state index is 11.8. The summed E-state index contributed by atoms with van der Waals surface area (Å²) in [5.74, 6) is 2.53. The van der Waals surface area contributed by atoms with E-state index < -0.39 is 0 Å². The van der Waals surface area contributed by atoms with Crippen molar-refractivity contribution in [2.45, 2.75) is 26.3 Å². The Morgan fingerprint density at radius 1 is 1.47 bits per heavy atom. The predicted molar refractivity (Wildman–Crippen MR) is 72.5 cm³/mol. The summed E-state index contributed by atoms with van der Waals surface area (Å²) in [6, 6.07) is 0.416. The molecule has 0 aromatic rings. The summed E-state index contributed by atoms with van der Waals surface area (Å²) in [4.78, 5) is 13.7. The normalized spacial score (nSPS) is 18.1. The van der Waals surface area contributed by atoms with Crippen LogP contribution in [0.2, 0.25) is 0 Å². The van der Waals surface area contributed by atoms with E-state index in [4.69, 9.17) is 4.74 Å². The van der Waals surface area contributed by atoms with Gasteiger partial charge in [0.2, 0.25) is 5.91 Å². The third kappa shape index (κ3) is 6.29. The Balaban J connectivity index is 2.09. The average Bonchev–Trinajstić information content (AvgIpc) is 2.37. The molecular formula is C12H24N2O2S. The van der Waals surface area contributed by atoms with E-state index in [-0.39, 0.29) is 5.91 Å². The molecule has 0 saturated carbocycles. The summed E-state index contributed by atoms with van der Waals surface area (Å²) in [5, 5.41) is 3.29. The first kappa shape index (κ1) is 14.8. The van der Waals surface area contributed by atoms with Gasteiger partial charge in [-0.05, 0) is 24.9 Å². The molecule has 0 spiro atoms. The van der Waals surface area contributed by atoms with E-state index >= 15 is 0 Å². The van der Waals surface area contributed by atoms with Gasteiger partial charge in [-0.3, -0.25) is 4.79 Å². The maximum Gasteiger partial charge on any atom is 0.236 e. The topological polar surface area (TPSA) is 41.6 Å². The Hall–Kier alpha value is -0.260. The second kappa shape index (κ2) is 8.78. The van der Waals surface area contributed by atoms with E-state index in [0.717, 1.165) is 25.3 Å². The molecule has 0 aromatic carbocycles. The van der Waals surface area contributed by atoms with Crippen LogP contribution in [0.1, 0.15) is 20.3 Å². The van der Waals surface area contributed by atoms with Crippen LogP contribution in [0.4, 0.5) is 0 Å². The SMILES string of the molecule is CCSCCC(C)NCC(=O)N1CCOCC1. The van der Waals surface area contributed by atoms with Crippen LogP contribution in [0.5, 0.6) is 0 Å².